The smallest absolute Gasteiger partial charge is 0.0705 e. The van der Waals surface area contributed by atoms with Crippen LogP contribution in [0.3, 0.4) is 0 Å². The van der Waals surface area contributed by atoms with Crippen LogP contribution in [0.15, 0.2) is 48.7 Å². The van der Waals surface area contributed by atoms with Gasteiger partial charge in [0.2, 0.25) is 0 Å². The van der Waals surface area contributed by atoms with E-state index in [9.17, 15) is 0 Å². The minimum atomic E-state index is 0.179. The van der Waals surface area contributed by atoms with Gasteiger partial charge in [-0.25, -0.2) is 0 Å². The zero-order valence-corrected chi connectivity index (χ0v) is 12.0. The summed E-state index contributed by atoms with van der Waals surface area (Å²) in [7, 11) is 0. The summed E-state index contributed by atoms with van der Waals surface area (Å²) < 4.78 is 0. The van der Waals surface area contributed by atoms with Crippen molar-refractivity contribution < 1.29 is 0 Å². The van der Waals surface area contributed by atoms with Gasteiger partial charge in [0.1, 0.15) is 0 Å². The van der Waals surface area contributed by atoms with Crippen molar-refractivity contribution in [1.82, 2.24) is 15.3 Å². The highest BCUT2D eigenvalue weighted by atomic mass is 35.5. The molecule has 1 aromatic carbocycles. The van der Waals surface area contributed by atoms with Crippen molar-refractivity contribution in [3.63, 3.8) is 0 Å². The Kier molecular flexibility index (Phi) is 3.72. The second kappa shape index (κ2) is 5.65. The number of aromatic amines is 1. The molecule has 102 valence electrons. The van der Waals surface area contributed by atoms with Crippen molar-refractivity contribution >= 4 is 22.5 Å². The summed E-state index contributed by atoms with van der Waals surface area (Å²) in [6, 6.07) is 14.2. The van der Waals surface area contributed by atoms with Gasteiger partial charge in [0.15, 0.2) is 0 Å². The van der Waals surface area contributed by atoms with E-state index in [-0.39, 0.29) is 6.04 Å². The lowest BCUT2D eigenvalue weighted by molar-refractivity contribution is 0.557. The molecule has 0 unspecified atom stereocenters. The Balaban J connectivity index is 1.76. The third kappa shape index (κ3) is 2.55. The van der Waals surface area contributed by atoms with Crippen LogP contribution >= 0.6 is 11.6 Å². The SMILES string of the molecule is C[C@@H](NCc1[nH]c2ccccc2c1Cl)c1ccccn1. The fourth-order valence-corrected chi connectivity index (χ4v) is 2.56. The number of fused-ring (bicyclic) bond motifs is 1. The van der Waals surface area contributed by atoms with E-state index in [0.717, 1.165) is 27.3 Å². The molecule has 0 amide bonds. The van der Waals surface area contributed by atoms with Crippen LogP contribution in [0.1, 0.15) is 24.4 Å². The number of H-pyrrole nitrogens is 1. The lowest BCUT2D eigenvalue weighted by Gasteiger charge is -2.12. The lowest BCUT2D eigenvalue weighted by atomic mass is 10.2. The number of hydrogen-bond acceptors (Lipinski definition) is 2. The average Bonchev–Trinajstić information content (AvgIpc) is 2.83. The average molecular weight is 286 g/mol. The largest absolute Gasteiger partial charge is 0.356 e. The predicted octanol–water partition coefficient (Wildman–Crippen LogP) is 4.07. The zero-order chi connectivity index (χ0) is 13.9. The van der Waals surface area contributed by atoms with E-state index in [4.69, 9.17) is 11.6 Å². The van der Waals surface area contributed by atoms with Gasteiger partial charge in [-0.05, 0) is 25.1 Å². The van der Waals surface area contributed by atoms with Crippen LogP contribution in [-0.4, -0.2) is 9.97 Å². The quantitative estimate of drug-likeness (QED) is 0.759. The van der Waals surface area contributed by atoms with Crippen LogP contribution < -0.4 is 5.32 Å². The third-order valence-electron chi connectivity index (χ3n) is 3.43. The second-order valence-corrected chi connectivity index (χ2v) is 5.20. The number of benzene rings is 1. The highest BCUT2D eigenvalue weighted by Gasteiger charge is 2.11. The zero-order valence-electron chi connectivity index (χ0n) is 11.2. The third-order valence-corrected chi connectivity index (χ3v) is 3.86. The summed E-state index contributed by atoms with van der Waals surface area (Å²) in [5.74, 6) is 0. The lowest BCUT2D eigenvalue weighted by Crippen LogP contribution is -2.19. The first-order valence-corrected chi connectivity index (χ1v) is 7.03. The number of halogens is 1. The highest BCUT2D eigenvalue weighted by molar-refractivity contribution is 6.36. The van der Waals surface area contributed by atoms with Gasteiger partial charge in [-0.2, -0.15) is 0 Å². The Morgan fingerprint density at radius 1 is 1.20 bits per heavy atom. The Labute approximate surface area is 123 Å². The van der Waals surface area contributed by atoms with E-state index in [1.165, 1.54) is 0 Å². The molecule has 0 spiro atoms. The molecule has 0 saturated carbocycles. The van der Waals surface area contributed by atoms with Gasteiger partial charge in [0.05, 0.1) is 10.7 Å². The maximum absolute atomic E-state index is 6.40. The fraction of sp³-hybridized carbons (Fsp3) is 0.188. The molecule has 0 bridgehead atoms. The van der Waals surface area contributed by atoms with Crippen molar-refractivity contribution in [3.8, 4) is 0 Å². The molecule has 3 aromatic rings. The number of pyridine rings is 1. The van der Waals surface area contributed by atoms with Crippen LogP contribution in [0.2, 0.25) is 5.02 Å². The Morgan fingerprint density at radius 3 is 2.75 bits per heavy atom. The Hall–Kier alpha value is -1.84. The molecule has 20 heavy (non-hydrogen) atoms. The van der Waals surface area contributed by atoms with Gasteiger partial charge in [-0.15, -0.1) is 0 Å². The summed E-state index contributed by atoms with van der Waals surface area (Å²) in [4.78, 5) is 7.71. The van der Waals surface area contributed by atoms with E-state index in [0.29, 0.717) is 6.54 Å². The van der Waals surface area contributed by atoms with Crippen LogP contribution in [0.25, 0.3) is 10.9 Å². The van der Waals surface area contributed by atoms with Crippen LogP contribution in [0.4, 0.5) is 0 Å². The van der Waals surface area contributed by atoms with Gasteiger partial charge < -0.3 is 10.3 Å². The molecule has 3 nitrogen and oxygen atoms in total. The molecule has 3 rings (SSSR count). The first-order chi connectivity index (χ1) is 9.75. The summed E-state index contributed by atoms with van der Waals surface area (Å²) in [6.07, 6.45) is 1.81. The molecule has 0 saturated heterocycles. The number of rotatable bonds is 4. The monoisotopic (exact) mass is 285 g/mol. The normalized spacial score (nSPS) is 12.7. The number of para-hydroxylation sites is 1. The summed E-state index contributed by atoms with van der Waals surface area (Å²) in [5.41, 5.74) is 3.11. The molecule has 2 heterocycles. The number of nitrogens with zero attached hydrogens (tertiary/aromatic N) is 1. The van der Waals surface area contributed by atoms with Gasteiger partial charge in [-0.3, -0.25) is 4.98 Å². The first kappa shape index (κ1) is 13.2. The van der Waals surface area contributed by atoms with Crippen molar-refractivity contribution in [2.75, 3.05) is 0 Å². The van der Waals surface area contributed by atoms with Crippen molar-refractivity contribution in [3.05, 3.63) is 65.1 Å². The standard InChI is InChI=1S/C16H16ClN3/c1-11(13-7-4-5-9-18-13)19-10-15-16(17)12-6-2-3-8-14(12)20-15/h2-9,11,19-20H,10H2,1H3/t11-/m1/s1. The van der Waals surface area contributed by atoms with Gasteiger partial charge >= 0.3 is 0 Å². The molecule has 2 aromatic heterocycles. The number of nitrogens with one attached hydrogen (secondary N) is 2. The molecular formula is C16H16ClN3. The summed E-state index contributed by atoms with van der Waals surface area (Å²) in [5, 5.41) is 5.30. The molecule has 0 aliphatic rings. The van der Waals surface area contributed by atoms with Gasteiger partial charge in [0, 0.05) is 35.4 Å². The topological polar surface area (TPSA) is 40.7 Å². The van der Waals surface area contributed by atoms with Crippen molar-refractivity contribution in [1.29, 1.82) is 0 Å². The molecule has 4 heteroatoms. The van der Waals surface area contributed by atoms with Crippen LogP contribution in [0.5, 0.6) is 0 Å². The minimum Gasteiger partial charge on any atom is -0.356 e. The van der Waals surface area contributed by atoms with E-state index in [1.54, 1.807) is 0 Å². The van der Waals surface area contributed by atoms with E-state index in [2.05, 4.69) is 22.2 Å². The molecule has 2 N–H and O–H groups in total. The molecule has 0 radical (unpaired) electrons. The molecule has 0 fully saturated rings. The number of hydrogen-bond donors (Lipinski definition) is 2. The molecular weight excluding hydrogens is 270 g/mol. The van der Waals surface area contributed by atoms with Crippen molar-refractivity contribution in [2.45, 2.75) is 19.5 Å². The second-order valence-electron chi connectivity index (χ2n) is 4.82. The van der Waals surface area contributed by atoms with Gasteiger partial charge in [-0.1, -0.05) is 35.9 Å². The van der Waals surface area contributed by atoms with Crippen LogP contribution in [-0.2, 0) is 6.54 Å². The van der Waals surface area contributed by atoms with E-state index < -0.39 is 0 Å². The van der Waals surface area contributed by atoms with Crippen LogP contribution in [0, 0.1) is 0 Å². The Morgan fingerprint density at radius 2 is 2.00 bits per heavy atom. The molecule has 0 aliphatic carbocycles. The maximum atomic E-state index is 6.40. The first-order valence-electron chi connectivity index (χ1n) is 6.65. The predicted molar refractivity (Wildman–Crippen MR) is 82.8 cm³/mol. The maximum Gasteiger partial charge on any atom is 0.0705 e. The molecule has 0 aliphatic heterocycles. The van der Waals surface area contributed by atoms with E-state index in [1.807, 2.05) is 48.7 Å². The van der Waals surface area contributed by atoms with E-state index >= 15 is 0 Å². The molecule has 1 atom stereocenters. The minimum absolute atomic E-state index is 0.179. The van der Waals surface area contributed by atoms with Crippen molar-refractivity contribution in [2.24, 2.45) is 0 Å². The fourth-order valence-electron chi connectivity index (χ4n) is 2.28. The van der Waals surface area contributed by atoms with Gasteiger partial charge in [0.25, 0.3) is 0 Å². The number of aromatic nitrogens is 2. The Bertz CT molecular complexity index is 706. The summed E-state index contributed by atoms with van der Waals surface area (Å²) in [6.45, 7) is 2.78. The summed E-state index contributed by atoms with van der Waals surface area (Å²) >= 11 is 6.40. The highest BCUT2D eigenvalue weighted by Crippen LogP contribution is 2.27.